The molecule has 0 aliphatic heterocycles. The molecule has 0 saturated heterocycles. The van der Waals surface area contributed by atoms with E-state index in [1.54, 1.807) is 13.8 Å². The first kappa shape index (κ1) is 16.6. The topological polar surface area (TPSA) is 90.1 Å². The van der Waals surface area contributed by atoms with E-state index in [0.717, 1.165) is 16.3 Å². The molecule has 128 valence electrons. The highest BCUT2D eigenvalue weighted by Gasteiger charge is 2.22. The highest BCUT2D eigenvalue weighted by Crippen LogP contribution is 2.21. The van der Waals surface area contributed by atoms with Gasteiger partial charge in [0.1, 0.15) is 17.9 Å². The molecule has 7 nitrogen and oxygen atoms in total. The first-order valence-electron chi connectivity index (χ1n) is 7.88. The molecular weight excluding hydrogens is 320 g/mol. The third-order valence-electron chi connectivity index (χ3n) is 4.12. The van der Waals surface area contributed by atoms with Crippen molar-refractivity contribution in [2.75, 3.05) is 0 Å². The molecule has 25 heavy (non-hydrogen) atoms. The maximum atomic E-state index is 12.2. The number of aryl methyl sites for hydroxylation is 1. The van der Waals surface area contributed by atoms with Crippen LogP contribution in [0.3, 0.4) is 0 Å². The second-order valence-corrected chi connectivity index (χ2v) is 5.89. The zero-order valence-corrected chi connectivity index (χ0v) is 14.0. The van der Waals surface area contributed by atoms with Crippen LogP contribution in [0, 0.1) is 24.0 Å². The molecule has 0 fully saturated rings. The van der Waals surface area contributed by atoms with Crippen LogP contribution in [0.4, 0.5) is 5.69 Å². The molecular formula is C18H18N4O3. The number of rotatable bonds is 5. The van der Waals surface area contributed by atoms with Crippen molar-refractivity contribution in [1.29, 1.82) is 0 Å². The molecule has 3 rings (SSSR count). The summed E-state index contributed by atoms with van der Waals surface area (Å²) >= 11 is 0. The highest BCUT2D eigenvalue weighted by atomic mass is 16.6. The monoisotopic (exact) mass is 338 g/mol. The van der Waals surface area contributed by atoms with Gasteiger partial charge < -0.3 is 5.32 Å². The summed E-state index contributed by atoms with van der Waals surface area (Å²) in [4.78, 5) is 22.7. The largest absolute Gasteiger partial charge is 0.350 e. The lowest BCUT2D eigenvalue weighted by Gasteiger charge is -2.07. The van der Waals surface area contributed by atoms with E-state index in [-0.39, 0.29) is 18.1 Å². The molecule has 0 unspecified atom stereocenters. The molecule has 2 aromatic carbocycles. The SMILES string of the molecule is Cc1nn(CC(=O)NCc2ccc3ccccc3c2)c(C)c1[N+](=O)[O-]. The van der Waals surface area contributed by atoms with Crippen LogP contribution in [-0.4, -0.2) is 20.6 Å². The smallest absolute Gasteiger partial charge is 0.312 e. The van der Waals surface area contributed by atoms with Gasteiger partial charge in [-0.1, -0.05) is 36.4 Å². The Labute approximate surface area is 144 Å². The number of nitrogens with one attached hydrogen (secondary N) is 1. The van der Waals surface area contributed by atoms with Gasteiger partial charge >= 0.3 is 5.69 Å². The van der Waals surface area contributed by atoms with Gasteiger partial charge in [-0.05, 0) is 36.2 Å². The summed E-state index contributed by atoms with van der Waals surface area (Å²) in [5.74, 6) is -0.242. The first-order valence-corrected chi connectivity index (χ1v) is 7.88. The van der Waals surface area contributed by atoms with E-state index >= 15 is 0 Å². The Morgan fingerprint density at radius 2 is 1.92 bits per heavy atom. The Balaban J connectivity index is 1.66. The first-order chi connectivity index (χ1) is 12.0. The molecule has 1 aromatic heterocycles. The molecule has 3 aromatic rings. The zero-order valence-electron chi connectivity index (χ0n) is 14.0. The van der Waals surface area contributed by atoms with Crippen LogP contribution < -0.4 is 5.32 Å². The fourth-order valence-corrected chi connectivity index (χ4v) is 2.85. The number of nitro groups is 1. The summed E-state index contributed by atoms with van der Waals surface area (Å²) in [5.41, 5.74) is 1.64. The van der Waals surface area contributed by atoms with Crippen LogP contribution in [0.2, 0.25) is 0 Å². The number of amides is 1. The van der Waals surface area contributed by atoms with Crippen molar-refractivity contribution >= 4 is 22.4 Å². The van der Waals surface area contributed by atoms with E-state index in [1.165, 1.54) is 4.68 Å². The van der Waals surface area contributed by atoms with Gasteiger partial charge in [-0.15, -0.1) is 0 Å². The Kier molecular flexibility index (Phi) is 4.47. The van der Waals surface area contributed by atoms with Gasteiger partial charge in [0.2, 0.25) is 5.91 Å². The average Bonchev–Trinajstić information content (AvgIpc) is 2.86. The van der Waals surface area contributed by atoms with Crippen LogP contribution >= 0.6 is 0 Å². The van der Waals surface area contributed by atoms with E-state index < -0.39 is 4.92 Å². The minimum absolute atomic E-state index is 0.0395. The van der Waals surface area contributed by atoms with Gasteiger partial charge in [0.05, 0.1) is 4.92 Å². The number of hydrogen-bond donors (Lipinski definition) is 1. The summed E-state index contributed by atoms with van der Waals surface area (Å²) in [6.45, 7) is 3.50. The Hall–Kier alpha value is -3.22. The van der Waals surface area contributed by atoms with Crippen molar-refractivity contribution in [3.63, 3.8) is 0 Å². The van der Waals surface area contributed by atoms with E-state index in [9.17, 15) is 14.9 Å². The molecule has 7 heteroatoms. The van der Waals surface area contributed by atoms with Crippen LogP contribution in [0.5, 0.6) is 0 Å². The van der Waals surface area contributed by atoms with Gasteiger partial charge in [-0.2, -0.15) is 5.10 Å². The number of fused-ring (bicyclic) bond motifs is 1. The normalized spacial score (nSPS) is 10.8. The zero-order chi connectivity index (χ0) is 18.0. The van der Waals surface area contributed by atoms with Gasteiger partial charge in [0, 0.05) is 6.54 Å². The Morgan fingerprint density at radius 1 is 1.20 bits per heavy atom. The molecule has 0 aliphatic carbocycles. The predicted octanol–water partition coefficient (Wildman–Crippen LogP) is 2.88. The number of aromatic nitrogens is 2. The quantitative estimate of drug-likeness (QED) is 0.572. The maximum absolute atomic E-state index is 12.2. The second-order valence-electron chi connectivity index (χ2n) is 5.89. The summed E-state index contributed by atoms with van der Waals surface area (Å²) in [7, 11) is 0. The average molecular weight is 338 g/mol. The van der Waals surface area contributed by atoms with Crippen LogP contribution in [0.15, 0.2) is 42.5 Å². The van der Waals surface area contributed by atoms with Crippen molar-refractivity contribution in [3.05, 3.63) is 69.5 Å². The molecule has 1 N–H and O–H groups in total. The van der Waals surface area contributed by atoms with Gasteiger partial charge in [-0.3, -0.25) is 19.6 Å². The lowest BCUT2D eigenvalue weighted by molar-refractivity contribution is -0.386. The lowest BCUT2D eigenvalue weighted by atomic mass is 10.1. The summed E-state index contributed by atoms with van der Waals surface area (Å²) < 4.78 is 1.36. The van der Waals surface area contributed by atoms with E-state index in [4.69, 9.17) is 0 Å². The van der Waals surface area contributed by atoms with Crippen LogP contribution in [0.25, 0.3) is 10.8 Å². The van der Waals surface area contributed by atoms with E-state index in [2.05, 4.69) is 10.4 Å². The molecule has 1 heterocycles. The summed E-state index contributed by atoms with van der Waals surface area (Å²) in [6, 6.07) is 14.0. The molecule has 0 atom stereocenters. The molecule has 0 saturated carbocycles. The second kappa shape index (κ2) is 6.72. The number of benzene rings is 2. The van der Waals surface area contributed by atoms with Gasteiger partial charge in [-0.25, -0.2) is 0 Å². The molecule has 0 radical (unpaired) electrons. The van der Waals surface area contributed by atoms with Crippen molar-refractivity contribution < 1.29 is 9.72 Å². The van der Waals surface area contributed by atoms with Crippen molar-refractivity contribution in [2.24, 2.45) is 0 Å². The van der Waals surface area contributed by atoms with Gasteiger partial charge in [0.15, 0.2) is 0 Å². The van der Waals surface area contributed by atoms with Gasteiger partial charge in [0.25, 0.3) is 0 Å². The minimum Gasteiger partial charge on any atom is -0.350 e. The molecule has 1 amide bonds. The Bertz CT molecular complexity index is 962. The number of hydrogen-bond acceptors (Lipinski definition) is 4. The Morgan fingerprint density at radius 3 is 2.60 bits per heavy atom. The number of nitrogens with zero attached hydrogens (tertiary/aromatic N) is 3. The van der Waals surface area contributed by atoms with E-state index in [1.807, 2.05) is 42.5 Å². The van der Waals surface area contributed by atoms with Crippen LogP contribution in [-0.2, 0) is 17.9 Å². The standard InChI is InChI=1S/C18H18N4O3/c1-12-18(22(24)25)13(2)21(20-12)11-17(23)19-10-14-7-8-15-5-3-4-6-16(15)9-14/h3-9H,10-11H2,1-2H3,(H,19,23). The minimum atomic E-state index is -0.471. The fraction of sp³-hybridized carbons (Fsp3) is 0.222. The third-order valence-corrected chi connectivity index (χ3v) is 4.12. The molecule has 0 spiro atoms. The summed E-state index contributed by atoms with van der Waals surface area (Å²) in [6.07, 6.45) is 0. The van der Waals surface area contributed by atoms with E-state index in [0.29, 0.717) is 17.9 Å². The maximum Gasteiger partial charge on any atom is 0.312 e. The van der Waals surface area contributed by atoms with Crippen molar-refractivity contribution in [3.8, 4) is 0 Å². The number of carbonyl (C=O) groups is 1. The van der Waals surface area contributed by atoms with Crippen LogP contribution in [0.1, 0.15) is 17.0 Å². The molecule has 0 bridgehead atoms. The lowest BCUT2D eigenvalue weighted by Crippen LogP contribution is -2.28. The summed E-state index contributed by atoms with van der Waals surface area (Å²) in [5, 5.41) is 20.2. The molecule has 0 aliphatic rings. The third kappa shape index (κ3) is 3.50. The number of carbonyl (C=O) groups excluding carboxylic acids is 1. The fourth-order valence-electron chi connectivity index (χ4n) is 2.85. The van der Waals surface area contributed by atoms with Crippen molar-refractivity contribution in [2.45, 2.75) is 26.9 Å². The predicted molar refractivity (Wildman–Crippen MR) is 94.2 cm³/mol. The highest BCUT2D eigenvalue weighted by molar-refractivity contribution is 5.83. The van der Waals surface area contributed by atoms with Crippen molar-refractivity contribution in [1.82, 2.24) is 15.1 Å².